The van der Waals surface area contributed by atoms with E-state index in [1.165, 1.54) is 18.2 Å². The standard InChI is InChI=1S/C17H17N3O4S/c21-11-10-19(12-13-6-2-1-3-7-13)17(25)18-16(22)14-8-4-5-9-15(14)20(23)24/h1-9,21H,10-12H2,(H,18,22,25). The smallest absolute Gasteiger partial charge is 0.282 e. The lowest BCUT2D eigenvalue weighted by Gasteiger charge is -2.24. The van der Waals surface area contributed by atoms with Crippen LogP contribution in [0, 0.1) is 10.1 Å². The lowest BCUT2D eigenvalue weighted by atomic mass is 10.1. The lowest BCUT2D eigenvalue weighted by Crippen LogP contribution is -2.43. The highest BCUT2D eigenvalue weighted by atomic mass is 32.1. The van der Waals surface area contributed by atoms with Crippen LogP contribution < -0.4 is 5.32 Å². The van der Waals surface area contributed by atoms with Crippen molar-refractivity contribution in [2.24, 2.45) is 0 Å². The minimum absolute atomic E-state index is 0.0708. The van der Waals surface area contributed by atoms with Crippen molar-refractivity contribution in [3.8, 4) is 0 Å². The largest absolute Gasteiger partial charge is 0.395 e. The van der Waals surface area contributed by atoms with Crippen LogP contribution in [0.15, 0.2) is 54.6 Å². The summed E-state index contributed by atoms with van der Waals surface area (Å²) in [5.41, 5.74) is 0.594. The Hall–Kier alpha value is -2.84. The maximum Gasteiger partial charge on any atom is 0.282 e. The number of thiocarbonyl (C=S) groups is 1. The van der Waals surface area contributed by atoms with E-state index in [4.69, 9.17) is 12.2 Å². The summed E-state index contributed by atoms with van der Waals surface area (Å²) in [5, 5.41) is 22.9. The number of nitrogens with zero attached hydrogens (tertiary/aromatic N) is 2. The van der Waals surface area contributed by atoms with Crippen LogP contribution >= 0.6 is 12.2 Å². The number of para-hydroxylation sites is 1. The Morgan fingerprint density at radius 3 is 2.44 bits per heavy atom. The zero-order valence-electron chi connectivity index (χ0n) is 13.3. The number of nitrogens with one attached hydrogen (secondary N) is 1. The zero-order chi connectivity index (χ0) is 18.2. The molecule has 0 unspecified atom stereocenters. The second-order valence-electron chi connectivity index (χ2n) is 5.16. The molecule has 130 valence electrons. The fourth-order valence-corrected chi connectivity index (χ4v) is 2.49. The van der Waals surface area contributed by atoms with Crippen molar-refractivity contribution in [1.29, 1.82) is 0 Å². The highest BCUT2D eigenvalue weighted by Crippen LogP contribution is 2.17. The van der Waals surface area contributed by atoms with Gasteiger partial charge in [-0.05, 0) is 23.8 Å². The summed E-state index contributed by atoms with van der Waals surface area (Å²) < 4.78 is 0. The Balaban J connectivity index is 2.12. The molecule has 0 aliphatic carbocycles. The molecule has 0 spiro atoms. The molecule has 0 saturated heterocycles. The van der Waals surface area contributed by atoms with E-state index in [9.17, 15) is 20.0 Å². The van der Waals surface area contributed by atoms with Gasteiger partial charge < -0.3 is 10.0 Å². The highest BCUT2D eigenvalue weighted by molar-refractivity contribution is 7.80. The third-order valence-corrected chi connectivity index (χ3v) is 3.80. The highest BCUT2D eigenvalue weighted by Gasteiger charge is 2.21. The number of nitro groups is 1. The van der Waals surface area contributed by atoms with Gasteiger partial charge in [-0.1, -0.05) is 42.5 Å². The fourth-order valence-electron chi connectivity index (χ4n) is 2.25. The van der Waals surface area contributed by atoms with E-state index in [-0.39, 0.29) is 29.5 Å². The molecule has 0 fully saturated rings. The van der Waals surface area contributed by atoms with Crippen LogP contribution in [0.2, 0.25) is 0 Å². The first-order valence-electron chi connectivity index (χ1n) is 7.51. The van der Waals surface area contributed by atoms with Gasteiger partial charge in [0.2, 0.25) is 0 Å². The molecule has 25 heavy (non-hydrogen) atoms. The minimum Gasteiger partial charge on any atom is -0.395 e. The Bertz CT molecular complexity index is 767. The minimum atomic E-state index is -0.659. The van der Waals surface area contributed by atoms with E-state index in [0.717, 1.165) is 5.56 Å². The predicted molar refractivity (Wildman–Crippen MR) is 97.1 cm³/mol. The summed E-state index contributed by atoms with van der Waals surface area (Å²) >= 11 is 5.24. The second-order valence-corrected chi connectivity index (χ2v) is 5.55. The topological polar surface area (TPSA) is 95.7 Å². The van der Waals surface area contributed by atoms with Crippen molar-refractivity contribution in [3.63, 3.8) is 0 Å². The predicted octanol–water partition coefficient (Wildman–Crippen LogP) is 2.10. The monoisotopic (exact) mass is 359 g/mol. The first kappa shape index (κ1) is 18.5. The van der Waals surface area contributed by atoms with E-state index in [1.54, 1.807) is 11.0 Å². The summed E-state index contributed by atoms with van der Waals surface area (Å²) in [5.74, 6) is -0.659. The first-order valence-corrected chi connectivity index (χ1v) is 7.92. The van der Waals surface area contributed by atoms with Crippen LogP contribution in [-0.4, -0.2) is 39.1 Å². The fraction of sp³-hybridized carbons (Fsp3) is 0.176. The third-order valence-electron chi connectivity index (χ3n) is 3.44. The summed E-state index contributed by atoms with van der Waals surface area (Å²) in [6.45, 7) is 0.483. The number of rotatable bonds is 6. The van der Waals surface area contributed by atoms with Gasteiger partial charge in [0.15, 0.2) is 5.11 Å². The number of nitro benzene ring substituents is 1. The SMILES string of the molecule is O=C(NC(=S)N(CCO)Cc1ccccc1)c1ccccc1[N+](=O)[O-]. The number of carbonyl (C=O) groups excluding carboxylic acids is 1. The summed E-state index contributed by atoms with van der Waals surface area (Å²) in [4.78, 5) is 24.4. The molecule has 0 bridgehead atoms. The van der Waals surface area contributed by atoms with Gasteiger partial charge in [0, 0.05) is 19.2 Å². The van der Waals surface area contributed by atoms with E-state index < -0.39 is 10.8 Å². The molecule has 1 amide bonds. The molecule has 2 aromatic rings. The molecule has 2 aromatic carbocycles. The van der Waals surface area contributed by atoms with Gasteiger partial charge in [-0.25, -0.2) is 0 Å². The molecule has 0 aromatic heterocycles. The van der Waals surface area contributed by atoms with Crippen LogP contribution in [0.1, 0.15) is 15.9 Å². The van der Waals surface area contributed by atoms with E-state index in [1.807, 2.05) is 30.3 Å². The molecule has 7 nitrogen and oxygen atoms in total. The van der Waals surface area contributed by atoms with Gasteiger partial charge in [-0.2, -0.15) is 0 Å². The first-order chi connectivity index (χ1) is 12.0. The quantitative estimate of drug-likeness (QED) is 0.466. The molecule has 0 aliphatic heterocycles. The Labute approximate surface area is 150 Å². The average Bonchev–Trinajstić information content (AvgIpc) is 2.62. The number of aliphatic hydroxyl groups excluding tert-OH is 1. The van der Waals surface area contributed by atoms with E-state index >= 15 is 0 Å². The molecular formula is C17H17N3O4S. The Morgan fingerprint density at radius 1 is 1.16 bits per heavy atom. The van der Waals surface area contributed by atoms with Gasteiger partial charge in [-0.15, -0.1) is 0 Å². The van der Waals surface area contributed by atoms with Crippen molar-refractivity contribution < 1.29 is 14.8 Å². The number of hydrogen-bond acceptors (Lipinski definition) is 5. The van der Waals surface area contributed by atoms with Gasteiger partial charge in [-0.3, -0.25) is 20.2 Å². The van der Waals surface area contributed by atoms with Gasteiger partial charge in [0.25, 0.3) is 11.6 Å². The van der Waals surface area contributed by atoms with Crippen LogP contribution in [-0.2, 0) is 6.54 Å². The van der Waals surface area contributed by atoms with Crippen LogP contribution in [0.3, 0.4) is 0 Å². The summed E-state index contributed by atoms with van der Waals surface area (Å²) in [6.07, 6.45) is 0. The number of amides is 1. The lowest BCUT2D eigenvalue weighted by molar-refractivity contribution is -0.385. The summed E-state index contributed by atoms with van der Waals surface area (Å²) in [6, 6.07) is 15.1. The molecule has 0 heterocycles. The number of aliphatic hydroxyl groups is 1. The third kappa shape index (κ3) is 5.07. The molecule has 8 heteroatoms. The van der Waals surface area contributed by atoms with E-state index in [0.29, 0.717) is 6.54 Å². The maximum atomic E-state index is 12.3. The Kier molecular flexibility index (Phi) is 6.55. The van der Waals surface area contributed by atoms with Crippen molar-refractivity contribution in [2.45, 2.75) is 6.54 Å². The van der Waals surface area contributed by atoms with Crippen molar-refractivity contribution in [1.82, 2.24) is 10.2 Å². The average molecular weight is 359 g/mol. The molecule has 0 atom stereocenters. The van der Waals surface area contributed by atoms with E-state index in [2.05, 4.69) is 5.32 Å². The van der Waals surface area contributed by atoms with Crippen molar-refractivity contribution >= 4 is 28.9 Å². The molecule has 2 N–H and O–H groups in total. The van der Waals surface area contributed by atoms with Gasteiger partial charge in [0.1, 0.15) is 5.56 Å². The molecule has 0 radical (unpaired) electrons. The normalized spacial score (nSPS) is 10.1. The molecular weight excluding hydrogens is 342 g/mol. The summed E-state index contributed by atoms with van der Waals surface area (Å²) in [7, 11) is 0. The molecule has 0 aliphatic rings. The number of hydrogen-bond donors (Lipinski definition) is 2. The van der Waals surface area contributed by atoms with Crippen LogP contribution in [0.5, 0.6) is 0 Å². The van der Waals surface area contributed by atoms with Crippen molar-refractivity contribution in [3.05, 3.63) is 75.8 Å². The number of benzene rings is 2. The van der Waals surface area contributed by atoms with Crippen LogP contribution in [0.4, 0.5) is 5.69 Å². The van der Waals surface area contributed by atoms with Gasteiger partial charge in [0.05, 0.1) is 11.5 Å². The zero-order valence-corrected chi connectivity index (χ0v) is 14.1. The van der Waals surface area contributed by atoms with Crippen LogP contribution in [0.25, 0.3) is 0 Å². The second kappa shape index (κ2) is 8.86. The van der Waals surface area contributed by atoms with Crippen molar-refractivity contribution in [2.75, 3.05) is 13.2 Å². The molecule has 0 saturated carbocycles. The Morgan fingerprint density at radius 2 is 1.80 bits per heavy atom. The molecule has 2 rings (SSSR count). The maximum absolute atomic E-state index is 12.3. The number of carbonyl (C=O) groups is 1. The van der Waals surface area contributed by atoms with Gasteiger partial charge >= 0.3 is 0 Å².